The van der Waals surface area contributed by atoms with E-state index in [0.29, 0.717) is 12.1 Å². The summed E-state index contributed by atoms with van der Waals surface area (Å²) in [5.74, 6) is 0. The van der Waals surface area contributed by atoms with E-state index in [1.165, 1.54) is 14.1 Å². The Morgan fingerprint density at radius 1 is 0.611 bits per heavy atom. The lowest BCUT2D eigenvalue weighted by Crippen LogP contribution is -2.22. The van der Waals surface area contributed by atoms with Crippen molar-refractivity contribution in [3.8, 4) is 11.1 Å². The van der Waals surface area contributed by atoms with Crippen molar-refractivity contribution in [1.29, 1.82) is 0 Å². The third-order valence-corrected chi connectivity index (χ3v) is 5.68. The highest BCUT2D eigenvalue weighted by Gasteiger charge is 2.27. The highest BCUT2D eigenvalue weighted by molar-refractivity contribution is 6.02. The van der Waals surface area contributed by atoms with E-state index in [0.717, 1.165) is 33.4 Å². The van der Waals surface area contributed by atoms with Crippen LogP contribution in [-0.2, 0) is 14.1 Å². The maximum atomic E-state index is 13.3. The lowest BCUT2D eigenvalue weighted by atomic mass is 9.98. The molecule has 0 aliphatic heterocycles. The molecular weight excluding hydrogens is 484 g/mol. The Morgan fingerprint density at radius 2 is 1.14 bits per heavy atom. The minimum Gasteiger partial charge on any atom is -0.305 e. The number of nitro benzene ring substituents is 4. The van der Waals surface area contributed by atoms with Crippen LogP contribution in [0.15, 0.2) is 46.0 Å². The van der Waals surface area contributed by atoms with Crippen molar-refractivity contribution in [3.63, 3.8) is 0 Å². The summed E-state index contributed by atoms with van der Waals surface area (Å²) < 4.78 is 1.74. The molecule has 2 heterocycles. The summed E-state index contributed by atoms with van der Waals surface area (Å²) in [5, 5.41) is 45.7. The molecule has 16 heteroatoms. The van der Waals surface area contributed by atoms with Gasteiger partial charge in [-0.2, -0.15) is 0 Å². The molecule has 4 aromatic rings. The average Bonchev–Trinajstić information content (AvgIpc) is 2.81. The topological polar surface area (TPSA) is 217 Å². The zero-order chi connectivity index (χ0) is 26.6. The number of benzene rings is 2. The third kappa shape index (κ3) is 3.49. The summed E-state index contributed by atoms with van der Waals surface area (Å²) in [7, 11) is 2.37. The Bertz CT molecular complexity index is 1820. The smallest absolute Gasteiger partial charge is 0.300 e. The molecule has 0 unspecified atom stereocenters. The van der Waals surface area contributed by atoms with Gasteiger partial charge in [-0.25, -0.2) is 0 Å². The number of aromatic nitrogens is 2. The van der Waals surface area contributed by atoms with Crippen LogP contribution in [0.3, 0.4) is 0 Å². The highest BCUT2D eigenvalue weighted by atomic mass is 16.6. The molecular formula is C20H12N6O10. The molecule has 4 rings (SSSR count). The molecule has 0 aliphatic rings. The summed E-state index contributed by atoms with van der Waals surface area (Å²) >= 11 is 0. The first-order valence-electron chi connectivity index (χ1n) is 9.77. The fourth-order valence-corrected chi connectivity index (χ4v) is 4.08. The normalized spacial score (nSPS) is 11.1. The van der Waals surface area contributed by atoms with Gasteiger partial charge in [0.1, 0.15) is 11.0 Å². The number of nitrogens with zero attached hydrogens (tertiary/aromatic N) is 6. The molecule has 16 nitrogen and oxygen atoms in total. The number of nitro groups is 4. The second-order valence-corrected chi connectivity index (χ2v) is 7.67. The monoisotopic (exact) mass is 496 g/mol. The molecule has 2 aromatic heterocycles. The number of pyridine rings is 2. The van der Waals surface area contributed by atoms with E-state index in [1.807, 2.05) is 0 Å². The number of aryl methyl sites for hydroxylation is 2. The molecule has 0 radical (unpaired) electrons. The van der Waals surface area contributed by atoms with Gasteiger partial charge in [0.15, 0.2) is 0 Å². The second-order valence-electron chi connectivity index (χ2n) is 7.67. The van der Waals surface area contributed by atoms with Crippen molar-refractivity contribution in [2.24, 2.45) is 14.1 Å². The van der Waals surface area contributed by atoms with Crippen LogP contribution in [0, 0.1) is 40.5 Å². The second kappa shape index (κ2) is 8.05. The standard InChI is InChI=1S/C20H12N6O10/c1-21-17(27)8-12(13-5-11(24(31)32)7-16(19(13)21)26(35)36)14-4-9-3-10(23(29)30)6-15(25(33)34)18(9)22(2)20(14)28/h3-8H,1-2H3. The molecule has 182 valence electrons. The Morgan fingerprint density at radius 3 is 1.67 bits per heavy atom. The van der Waals surface area contributed by atoms with E-state index in [2.05, 4.69) is 0 Å². The zero-order valence-electron chi connectivity index (χ0n) is 18.2. The van der Waals surface area contributed by atoms with Gasteiger partial charge in [-0.05, 0) is 6.07 Å². The van der Waals surface area contributed by atoms with Gasteiger partial charge < -0.3 is 9.13 Å². The SMILES string of the molecule is Cn1c(=O)c(-c2cc(=O)n(C)c3c([N+](=O)[O-])cc([N+](=O)[O-])cc23)cc2cc([N+](=O)[O-])cc([N+](=O)[O-])c21. The van der Waals surface area contributed by atoms with Gasteiger partial charge in [-0.3, -0.25) is 50.0 Å². The summed E-state index contributed by atoms with van der Waals surface area (Å²) in [5.41, 5.74) is -5.56. The van der Waals surface area contributed by atoms with Crippen molar-refractivity contribution in [2.45, 2.75) is 0 Å². The minimum atomic E-state index is -0.913. The molecule has 36 heavy (non-hydrogen) atoms. The predicted molar refractivity (Wildman–Crippen MR) is 124 cm³/mol. The minimum absolute atomic E-state index is 0.109. The fraction of sp³-hybridized carbons (Fsp3) is 0.100. The van der Waals surface area contributed by atoms with E-state index in [-0.39, 0.29) is 32.9 Å². The van der Waals surface area contributed by atoms with Crippen LogP contribution in [-0.4, -0.2) is 28.8 Å². The number of fused-ring (bicyclic) bond motifs is 2. The molecule has 0 spiro atoms. The Balaban J connectivity index is 2.25. The molecule has 0 N–H and O–H groups in total. The van der Waals surface area contributed by atoms with Gasteiger partial charge in [0.2, 0.25) is 0 Å². The first-order valence-corrected chi connectivity index (χ1v) is 9.77. The van der Waals surface area contributed by atoms with Crippen LogP contribution in [0.25, 0.3) is 32.9 Å². The van der Waals surface area contributed by atoms with Gasteiger partial charge in [0, 0.05) is 54.2 Å². The van der Waals surface area contributed by atoms with Crippen LogP contribution in [0.2, 0.25) is 0 Å². The Kier molecular flexibility index (Phi) is 5.28. The fourth-order valence-electron chi connectivity index (χ4n) is 4.08. The van der Waals surface area contributed by atoms with Crippen molar-refractivity contribution < 1.29 is 19.7 Å². The summed E-state index contributed by atoms with van der Waals surface area (Å²) in [6, 6.07) is 5.31. The highest BCUT2D eigenvalue weighted by Crippen LogP contribution is 2.37. The van der Waals surface area contributed by atoms with Crippen LogP contribution >= 0.6 is 0 Å². The van der Waals surface area contributed by atoms with Crippen LogP contribution in [0.5, 0.6) is 0 Å². The lowest BCUT2D eigenvalue weighted by Gasteiger charge is -2.13. The van der Waals surface area contributed by atoms with Crippen LogP contribution < -0.4 is 11.1 Å². The predicted octanol–water partition coefficient (Wildman–Crippen LogP) is 2.69. The number of non-ortho nitro benzene ring substituents is 4. The zero-order valence-corrected chi connectivity index (χ0v) is 18.2. The van der Waals surface area contributed by atoms with Gasteiger partial charge >= 0.3 is 0 Å². The van der Waals surface area contributed by atoms with Crippen molar-refractivity contribution >= 4 is 44.6 Å². The molecule has 0 amide bonds. The van der Waals surface area contributed by atoms with Crippen molar-refractivity contribution in [2.75, 3.05) is 0 Å². The third-order valence-electron chi connectivity index (χ3n) is 5.68. The van der Waals surface area contributed by atoms with E-state index >= 15 is 0 Å². The Hall–Kier alpha value is -5.54. The first kappa shape index (κ1) is 23.6. The summed E-state index contributed by atoms with van der Waals surface area (Å²) in [4.78, 5) is 68.4. The number of hydrogen-bond donors (Lipinski definition) is 0. The van der Waals surface area contributed by atoms with Gasteiger partial charge in [-0.1, -0.05) is 0 Å². The van der Waals surface area contributed by atoms with E-state index in [4.69, 9.17) is 0 Å². The van der Waals surface area contributed by atoms with E-state index in [9.17, 15) is 50.0 Å². The number of rotatable bonds is 5. The maximum Gasteiger partial charge on any atom is 0.300 e. The van der Waals surface area contributed by atoms with E-state index < -0.39 is 53.6 Å². The molecule has 0 atom stereocenters. The molecule has 0 aliphatic carbocycles. The van der Waals surface area contributed by atoms with E-state index in [1.54, 1.807) is 0 Å². The lowest BCUT2D eigenvalue weighted by molar-refractivity contribution is -0.393. The average molecular weight is 496 g/mol. The first-order chi connectivity index (χ1) is 16.8. The molecule has 0 saturated heterocycles. The quantitative estimate of drug-likeness (QED) is 0.290. The molecule has 2 aromatic carbocycles. The molecule has 0 saturated carbocycles. The summed E-state index contributed by atoms with van der Waals surface area (Å²) in [6.07, 6.45) is 0. The van der Waals surface area contributed by atoms with Gasteiger partial charge in [0.05, 0.1) is 31.8 Å². The van der Waals surface area contributed by atoms with Crippen LogP contribution in [0.1, 0.15) is 0 Å². The molecule has 0 fully saturated rings. The largest absolute Gasteiger partial charge is 0.305 e. The summed E-state index contributed by atoms with van der Waals surface area (Å²) in [6.45, 7) is 0. The molecule has 0 bridgehead atoms. The van der Waals surface area contributed by atoms with Crippen LogP contribution in [0.4, 0.5) is 22.7 Å². The Labute approximate surface area is 196 Å². The van der Waals surface area contributed by atoms with Gasteiger partial charge in [0.25, 0.3) is 33.9 Å². The van der Waals surface area contributed by atoms with Gasteiger partial charge in [-0.15, -0.1) is 0 Å². The van der Waals surface area contributed by atoms with Crippen molar-refractivity contribution in [3.05, 3.63) is 97.6 Å². The maximum absolute atomic E-state index is 13.3. The number of hydrogen-bond acceptors (Lipinski definition) is 10. The van der Waals surface area contributed by atoms with Crippen molar-refractivity contribution in [1.82, 2.24) is 9.13 Å².